The molecule has 2 aromatic heterocycles. The summed E-state index contributed by atoms with van der Waals surface area (Å²) in [6, 6.07) is 10.7. The molecule has 1 N–H and O–H groups in total. The first kappa shape index (κ1) is 18.9. The van der Waals surface area contributed by atoms with Gasteiger partial charge < -0.3 is 9.57 Å². The molecule has 1 aromatic carbocycles. The molecule has 0 saturated carbocycles. The Hall–Kier alpha value is -2.87. The molecule has 0 unspecified atom stereocenters. The van der Waals surface area contributed by atoms with Crippen LogP contribution in [0.4, 0.5) is 13.2 Å². The highest BCUT2D eigenvalue weighted by molar-refractivity contribution is 5.91. The number of nitrogens with zero attached hydrogens (tertiary/aromatic N) is 2. The van der Waals surface area contributed by atoms with Gasteiger partial charge in [0, 0.05) is 22.2 Å². The average Bonchev–Trinajstić information content (AvgIpc) is 2.59. The van der Waals surface area contributed by atoms with Crippen molar-refractivity contribution in [3.8, 4) is 11.6 Å². The third kappa shape index (κ3) is 5.07. The van der Waals surface area contributed by atoms with Crippen LogP contribution in [0.25, 0.3) is 10.8 Å². The lowest BCUT2D eigenvalue weighted by atomic mass is 10.1. The van der Waals surface area contributed by atoms with E-state index in [1.54, 1.807) is 24.3 Å². The lowest BCUT2D eigenvalue weighted by molar-refractivity contribution is -0.153. The van der Waals surface area contributed by atoms with Crippen LogP contribution in [0.2, 0.25) is 0 Å². The normalized spacial score (nSPS) is 11.6. The number of hydrogen-bond acceptors (Lipinski definition) is 5. The summed E-state index contributed by atoms with van der Waals surface area (Å²) in [6.07, 6.45) is -3.09. The first-order valence-electron chi connectivity index (χ1n) is 8.23. The molecule has 0 aliphatic carbocycles. The Balaban J connectivity index is 1.75. The highest BCUT2D eigenvalue weighted by Crippen LogP contribution is 2.31. The van der Waals surface area contributed by atoms with Crippen LogP contribution in [-0.4, -0.2) is 22.8 Å². The van der Waals surface area contributed by atoms with Crippen molar-refractivity contribution < 1.29 is 22.7 Å². The van der Waals surface area contributed by atoms with E-state index in [0.29, 0.717) is 23.1 Å². The van der Waals surface area contributed by atoms with Crippen LogP contribution >= 0.6 is 0 Å². The van der Waals surface area contributed by atoms with Crippen molar-refractivity contribution in [2.24, 2.45) is 0 Å². The van der Waals surface area contributed by atoms with Crippen LogP contribution in [-0.2, 0) is 6.54 Å². The topological polar surface area (TPSA) is 56.3 Å². The Bertz CT molecular complexity index is 925. The first-order valence-corrected chi connectivity index (χ1v) is 8.23. The maximum absolute atomic E-state index is 12.4. The van der Waals surface area contributed by atoms with Gasteiger partial charge in [-0.15, -0.1) is 0 Å². The van der Waals surface area contributed by atoms with Crippen LogP contribution < -0.4 is 15.1 Å². The molecule has 0 aliphatic rings. The predicted molar refractivity (Wildman–Crippen MR) is 94.5 cm³/mol. The van der Waals surface area contributed by atoms with Gasteiger partial charge in [-0.05, 0) is 37.6 Å². The number of fused-ring (bicyclic) bond motifs is 1. The van der Waals surface area contributed by atoms with Crippen LogP contribution in [0.15, 0.2) is 42.6 Å². The molecule has 2 heterocycles. The van der Waals surface area contributed by atoms with E-state index in [1.807, 2.05) is 26.0 Å². The van der Waals surface area contributed by atoms with Crippen LogP contribution in [0.1, 0.15) is 17.0 Å². The number of rotatable bonds is 6. The smallest absolute Gasteiger partial charge is 0.422 e. The molecule has 0 radical (unpaired) electrons. The van der Waals surface area contributed by atoms with Crippen molar-refractivity contribution in [1.82, 2.24) is 15.4 Å². The van der Waals surface area contributed by atoms with E-state index in [-0.39, 0.29) is 5.88 Å². The molecule has 0 spiro atoms. The molecule has 0 saturated heterocycles. The average molecular weight is 377 g/mol. The summed E-state index contributed by atoms with van der Waals surface area (Å²) in [7, 11) is 0. The molecule has 0 atom stereocenters. The fourth-order valence-electron chi connectivity index (χ4n) is 2.71. The summed E-state index contributed by atoms with van der Waals surface area (Å²) >= 11 is 0. The zero-order valence-corrected chi connectivity index (χ0v) is 14.8. The fraction of sp³-hybridized carbons (Fsp3) is 0.263. The molecule has 3 rings (SSSR count). The van der Waals surface area contributed by atoms with Gasteiger partial charge >= 0.3 is 6.18 Å². The fourth-order valence-corrected chi connectivity index (χ4v) is 2.71. The van der Waals surface area contributed by atoms with E-state index < -0.39 is 12.8 Å². The number of halogens is 3. The molecule has 0 bridgehead atoms. The van der Waals surface area contributed by atoms with Gasteiger partial charge in [-0.3, -0.25) is 4.98 Å². The minimum atomic E-state index is -4.43. The SMILES string of the molecule is Cc1cc(CNOc2cnc(OCC(F)(F)F)c3ccccc23)cc(C)n1. The van der Waals surface area contributed by atoms with E-state index in [9.17, 15) is 13.2 Å². The molecular weight excluding hydrogens is 359 g/mol. The van der Waals surface area contributed by atoms with Gasteiger partial charge in [-0.2, -0.15) is 18.7 Å². The Labute approximate surface area is 154 Å². The molecule has 142 valence electrons. The molecule has 27 heavy (non-hydrogen) atoms. The molecule has 8 heteroatoms. The molecule has 5 nitrogen and oxygen atoms in total. The monoisotopic (exact) mass is 377 g/mol. The zero-order valence-electron chi connectivity index (χ0n) is 14.8. The largest absolute Gasteiger partial charge is 0.468 e. The first-order chi connectivity index (χ1) is 12.8. The maximum Gasteiger partial charge on any atom is 0.422 e. The van der Waals surface area contributed by atoms with Gasteiger partial charge in [-0.1, -0.05) is 18.2 Å². The second-order valence-corrected chi connectivity index (χ2v) is 6.06. The molecule has 0 aliphatic heterocycles. The number of pyridine rings is 2. The number of aromatic nitrogens is 2. The number of aryl methyl sites for hydroxylation is 2. The predicted octanol–water partition coefficient (Wildman–Crippen LogP) is 4.27. The van der Waals surface area contributed by atoms with Crippen LogP contribution in [0.3, 0.4) is 0 Å². The maximum atomic E-state index is 12.4. The Morgan fingerprint density at radius 3 is 2.37 bits per heavy atom. The summed E-state index contributed by atoms with van der Waals surface area (Å²) in [4.78, 5) is 13.9. The van der Waals surface area contributed by atoms with Gasteiger partial charge in [0.2, 0.25) is 5.88 Å². The minimum Gasteiger partial charge on any atom is -0.468 e. The Morgan fingerprint density at radius 2 is 1.70 bits per heavy atom. The molecule has 0 amide bonds. The van der Waals surface area contributed by atoms with Crippen LogP contribution in [0, 0.1) is 13.8 Å². The zero-order chi connectivity index (χ0) is 19.4. The quantitative estimate of drug-likeness (QED) is 0.650. The van der Waals surface area contributed by atoms with Crippen molar-refractivity contribution in [3.63, 3.8) is 0 Å². The lowest BCUT2D eigenvalue weighted by Gasteiger charge is -2.13. The van der Waals surface area contributed by atoms with Crippen molar-refractivity contribution in [2.45, 2.75) is 26.6 Å². The summed E-state index contributed by atoms with van der Waals surface area (Å²) < 4.78 is 42.1. The minimum absolute atomic E-state index is 0.0874. The van der Waals surface area contributed by atoms with Crippen LogP contribution in [0.5, 0.6) is 11.6 Å². The van der Waals surface area contributed by atoms with Gasteiger partial charge in [-0.25, -0.2) is 4.98 Å². The van der Waals surface area contributed by atoms with E-state index in [4.69, 9.17) is 9.57 Å². The third-order valence-corrected chi connectivity index (χ3v) is 3.69. The number of alkyl halides is 3. The number of benzene rings is 1. The molecule has 3 aromatic rings. The van der Waals surface area contributed by atoms with E-state index in [1.165, 1.54) is 6.20 Å². The van der Waals surface area contributed by atoms with Gasteiger partial charge in [0.1, 0.15) is 0 Å². The van der Waals surface area contributed by atoms with Crippen molar-refractivity contribution in [1.29, 1.82) is 0 Å². The standard InChI is InChI=1S/C19H18F3N3O2/c1-12-7-14(8-13(2)25-12)9-24-27-17-10-23-18(26-11-19(20,21)22)16-6-4-3-5-15(16)17/h3-8,10,24H,9,11H2,1-2H3. The molecular formula is C19H18F3N3O2. The highest BCUT2D eigenvalue weighted by Gasteiger charge is 2.29. The Morgan fingerprint density at radius 1 is 1.04 bits per heavy atom. The summed E-state index contributed by atoms with van der Waals surface area (Å²) in [5.41, 5.74) is 5.67. The number of ether oxygens (including phenoxy) is 1. The molecule has 0 fully saturated rings. The highest BCUT2D eigenvalue weighted by atomic mass is 19.4. The summed E-state index contributed by atoms with van der Waals surface area (Å²) in [5, 5.41) is 1.04. The van der Waals surface area contributed by atoms with Gasteiger partial charge in [0.25, 0.3) is 0 Å². The van der Waals surface area contributed by atoms with E-state index in [0.717, 1.165) is 17.0 Å². The van der Waals surface area contributed by atoms with Crippen molar-refractivity contribution >= 4 is 10.8 Å². The van der Waals surface area contributed by atoms with E-state index in [2.05, 4.69) is 15.4 Å². The van der Waals surface area contributed by atoms with E-state index >= 15 is 0 Å². The number of nitrogens with one attached hydrogen (secondary N) is 1. The number of hydrogen-bond donors (Lipinski definition) is 1. The second-order valence-electron chi connectivity index (χ2n) is 6.06. The Kier molecular flexibility index (Phi) is 5.46. The van der Waals surface area contributed by atoms with Gasteiger partial charge in [0.15, 0.2) is 12.4 Å². The number of hydroxylamine groups is 1. The summed E-state index contributed by atoms with van der Waals surface area (Å²) in [5.74, 6) is 0.308. The lowest BCUT2D eigenvalue weighted by Crippen LogP contribution is -2.20. The van der Waals surface area contributed by atoms with Crippen molar-refractivity contribution in [2.75, 3.05) is 6.61 Å². The van der Waals surface area contributed by atoms with Gasteiger partial charge in [0.05, 0.1) is 12.7 Å². The van der Waals surface area contributed by atoms with Crippen molar-refractivity contribution in [3.05, 3.63) is 59.5 Å². The summed E-state index contributed by atoms with van der Waals surface area (Å²) in [6.45, 7) is 2.86. The second kappa shape index (κ2) is 7.79. The third-order valence-electron chi connectivity index (χ3n) is 3.69.